The number of ether oxygens (including phenoxy) is 1. The third-order valence-electron chi connectivity index (χ3n) is 1.67. The fourth-order valence-electron chi connectivity index (χ4n) is 1.03. The van der Waals surface area contributed by atoms with Crippen molar-refractivity contribution in [3.8, 4) is 11.8 Å². The van der Waals surface area contributed by atoms with Crippen LogP contribution in [0.3, 0.4) is 0 Å². The first-order valence-corrected chi connectivity index (χ1v) is 5.77. The summed E-state index contributed by atoms with van der Waals surface area (Å²) in [4.78, 5) is 11.0. The van der Waals surface area contributed by atoms with Crippen LogP contribution in [0, 0.1) is 11.8 Å². The topological polar surface area (TPSA) is 26.3 Å². The molecule has 0 aliphatic heterocycles. The van der Waals surface area contributed by atoms with E-state index in [0.717, 1.165) is 0 Å². The second-order valence-electron chi connectivity index (χ2n) is 3.04. The summed E-state index contributed by atoms with van der Waals surface area (Å²) in [7, 11) is 0. The summed E-state index contributed by atoms with van der Waals surface area (Å²) in [6, 6.07) is 5.43. The summed E-state index contributed by atoms with van der Waals surface area (Å²) in [6.07, 6.45) is 0. The summed E-state index contributed by atoms with van der Waals surface area (Å²) < 4.78 is 40.8. The maximum atomic E-state index is 12.1. The van der Waals surface area contributed by atoms with E-state index in [1.54, 1.807) is 6.92 Å². The number of hydrogen-bond donors (Lipinski definition) is 0. The first-order chi connectivity index (χ1) is 8.40. The van der Waals surface area contributed by atoms with Gasteiger partial charge in [0.15, 0.2) is 0 Å². The molecule has 0 N–H and O–H groups in total. The van der Waals surface area contributed by atoms with Gasteiger partial charge in [-0.05, 0) is 43.0 Å². The van der Waals surface area contributed by atoms with Crippen LogP contribution in [0.25, 0.3) is 0 Å². The molecule has 0 bridgehead atoms. The summed E-state index contributed by atoms with van der Waals surface area (Å²) in [5, 5.41) is 0. The van der Waals surface area contributed by atoms with Crippen molar-refractivity contribution < 1.29 is 22.7 Å². The van der Waals surface area contributed by atoms with Crippen molar-refractivity contribution in [2.45, 2.75) is 17.3 Å². The van der Waals surface area contributed by atoms with E-state index in [0.29, 0.717) is 5.56 Å². The Morgan fingerprint density at radius 2 is 1.94 bits per heavy atom. The minimum Gasteiger partial charge on any atom is -0.456 e. The van der Waals surface area contributed by atoms with Gasteiger partial charge >= 0.3 is 11.5 Å². The Bertz CT molecular complexity index is 469. The van der Waals surface area contributed by atoms with E-state index in [1.807, 2.05) is 0 Å². The number of thioether (sulfide) groups is 1. The van der Waals surface area contributed by atoms with Gasteiger partial charge in [0.2, 0.25) is 0 Å². The van der Waals surface area contributed by atoms with Crippen molar-refractivity contribution in [1.29, 1.82) is 0 Å². The normalized spacial score (nSPS) is 10.4. The van der Waals surface area contributed by atoms with Gasteiger partial charge in [0, 0.05) is 16.4 Å². The number of halogens is 3. The molecule has 0 saturated carbocycles. The smallest absolute Gasteiger partial charge is 0.446 e. The molecule has 0 unspecified atom stereocenters. The van der Waals surface area contributed by atoms with Gasteiger partial charge in [-0.25, -0.2) is 4.79 Å². The minimum absolute atomic E-state index is 0.0733. The Balaban J connectivity index is 2.69. The lowest BCUT2D eigenvalue weighted by molar-refractivity contribution is -0.136. The van der Waals surface area contributed by atoms with Crippen LogP contribution in [-0.4, -0.2) is 18.1 Å². The molecule has 0 radical (unpaired) electrons. The van der Waals surface area contributed by atoms with Crippen molar-refractivity contribution in [1.82, 2.24) is 0 Å². The van der Waals surface area contributed by atoms with E-state index in [4.69, 9.17) is 0 Å². The van der Waals surface area contributed by atoms with E-state index in [9.17, 15) is 18.0 Å². The van der Waals surface area contributed by atoms with Crippen molar-refractivity contribution >= 4 is 17.7 Å². The zero-order valence-electron chi connectivity index (χ0n) is 9.38. The zero-order valence-corrected chi connectivity index (χ0v) is 10.2. The van der Waals surface area contributed by atoms with Crippen LogP contribution in [-0.2, 0) is 9.53 Å². The van der Waals surface area contributed by atoms with E-state index in [-0.39, 0.29) is 23.3 Å². The molecule has 18 heavy (non-hydrogen) atoms. The van der Waals surface area contributed by atoms with Gasteiger partial charge in [0.1, 0.15) is 0 Å². The summed E-state index contributed by atoms with van der Waals surface area (Å²) >= 11 is -0.198. The first kappa shape index (κ1) is 14.5. The Morgan fingerprint density at radius 3 is 2.44 bits per heavy atom. The van der Waals surface area contributed by atoms with Crippen LogP contribution < -0.4 is 0 Å². The molecule has 1 aromatic carbocycles. The first-order valence-electron chi connectivity index (χ1n) is 4.95. The van der Waals surface area contributed by atoms with Crippen molar-refractivity contribution in [2.75, 3.05) is 6.61 Å². The van der Waals surface area contributed by atoms with E-state index in [1.165, 1.54) is 24.3 Å². The molecule has 0 saturated heterocycles. The van der Waals surface area contributed by atoms with Crippen molar-refractivity contribution in [2.24, 2.45) is 0 Å². The van der Waals surface area contributed by atoms with Crippen LogP contribution in [0.1, 0.15) is 12.5 Å². The average Bonchev–Trinajstić information content (AvgIpc) is 2.26. The zero-order chi connectivity index (χ0) is 13.6. The van der Waals surface area contributed by atoms with Crippen LogP contribution in [0.15, 0.2) is 29.2 Å². The molecule has 2 nitrogen and oxygen atoms in total. The van der Waals surface area contributed by atoms with Gasteiger partial charge in [0.05, 0.1) is 6.61 Å². The van der Waals surface area contributed by atoms with E-state index < -0.39 is 11.5 Å². The number of alkyl halides is 3. The number of esters is 1. The lowest BCUT2D eigenvalue weighted by atomic mass is 10.2. The maximum Gasteiger partial charge on any atom is 0.446 e. The highest BCUT2D eigenvalue weighted by Gasteiger charge is 2.28. The van der Waals surface area contributed by atoms with Crippen LogP contribution >= 0.6 is 11.8 Å². The molecule has 0 fully saturated rings. The molecular weight excluding hydrogens is 265 g/mol. The summed E-state index contributed by atoms with van der Waals surface area (Å²) in [5.41, 5.74) is -3.85. The Morgan fingerprint density at radius 1 is 1.33 bits per heavy atom. The molecule has 0 aliphatic carbocycles. The van der Waals surface area contributed by atoms with Gasteiger partial charge in [-0.1, -0.05) is 5.92 Å². The van der Waals surface area contributed by atoms with E-state index >= 15 is 0 Å². The number of benzene rings is 1. The highest BCUT2D eigenvalue weighted by atomic mass is 32.2. The lowest BCUT2D eigenvalue weighted by Gasteiger charge is -2.04. The predicted octanol–water partition coefficient (Wildman–Crippen LogP) is 3.21. The number of carbonyl (C=O) groups is 1. The third-order valence-corrected chi connectivity index (χ3v) is 2.41. The SMILES string of the molecule is CCOC(=O)C#Cc1ccc(SC(F)(F)F)cc1. The second-order valence-corrected chi connectivity index (χ2v) is 4.18. The van der Waals surface area contributed by atoms with Gasteiger partial charge in [-0.15, -0.1) is 0 Å². The highest BCUT2D eigenvalue weighted by molar-refractivity contribution is 8.00. The largest absolute Gasteiger partial charge is 0.456 e. The summed E-state index contributed by atoms with van der Waals surface area (Å²) in [6.45, 7) is 1.89. The average molecular weight is 274 g/mol. The van der Waals surface area contributed by atoms with Crippen molar-refractivity contribution in [3.05, 3.63) is 29.8 Å². The number of rotatable bonds is 2. The summed E-state index contributed by atoms with van der Waals surface area (Å²) in [5.74, 6) is 4.07. The molecular formula is C12H9F3O2S. The predicted molar refractivity (Wildman–Crippen MR) is 61.9 cm³/mol. The number of carbonyl (C=O) groups excluding carboxylic acids is 1. The molecule has 1 rings (SSSR count). The van der Waals surface area contributed by atoms with Gasteiger partial charge in [0.25, 0.3) is 0 Å². The maximum absolute atomic E-state index is 12.1. The van der Waals surface area contributed by atoms with Gasteiger partial charge < -0.3 is 4.74 Å². The minimum atomic E-state index is -4.31. The molecule has 0 heterocycles. The Labute approximate surface area is 107 Å². The second kappa shape index (κ2) is 6.36. The molecule has 0 aliphatic rings. The van der Waals surface area contributed by atoms with Crippen LogP contribution in [0.2, 0.25) is 0 Å². The molecule has 96 valence electrons. The Hall–Kier alpha value is -1.61. The van der Waals surface area contributed by atoms with Crippen molar-refractivity contribution in [3.63, 3.8) is 0 Å². The number of hydrogen-bond acceptors (Lipinski definition) is 3. The third kappa shape index (κ3) is 5.64. The monoisotopic (exact) mass is 274 g/mol. The fourth-order valence-corrected chi connectivity index (χ4v) is 1.57. The van der Waals surface area contributed by atoms with Gasteiger partial charge in [-0.3, -0.25) is 0 Å². The molecule has 6 heteroatoms. The molecule has 0 atom stereocenters. The molecule has 1 aromatic rings. The van der Waals surface area contributed by atoms with Crippen LogP contribution in [0.5, 0.6) is 0 Å². The van der Waals surface area contributed by atoms with Crippen LogP contribution in [0.4, 0.5) is 13.2 Å². The van der Waals surface area contributed by atoms with Gasteiger partial charge in [-0.2, -0.15) is 13.2 Å². The standard InChI is InChI=1S/C12H9F3O2S/c1-2-17-11(16)8-5-9-3-6-10(7-4-9)18-12(13,14)15/h3-4,6-7H,2H2,1H3. The highest BCUT2D eigenvalue weighted by Crippen LogP contribution is 2.36. The van der Waals surface area contributed by atoms with E-state index in [2.05, 4.69) is 16.6 Å². The lowest BCUT2D eigenvalue weighted by Crippen LogP contribution is -1.99. The fraction of sp³-hybridized carbons (Fsp3) is 0.250. The quantitative estimate of drug-likeness (QED) is 0.470. The Kier molecular flexibility index (Phi) is 5.10. The molecule has 0 amide bonds. The molecule has 0 aromatic heterocycles. The molecule has 0 spiro atoms.